The van der Waals surface area contributed by atoms with Gasteiger partial charge in [0.25, 0.3) is 5.91 Å². The lowest BCUT2D eigenvalue weighted by Crippen LogP contribution is -2.48. The fourth-order valence-corrected chi connectivity index (χ4v) is 3.72. The number of rotatable bonds is 3. The molecule has 2 aliphatic rings. The van der Waals surface area contributed by atoms with Gasteiger partial charge in [0, 0.05) is 18.1 Å². The van der Waals surface area contributed by atoms with Crippen LogP contribution >= 0.6 is 0 Å². The van der Waals surface area contributed by atoms with Gasteiger partial charge in [-0.05, 0) is 56.5 Å². The molecule has 120 valence electrons. The average molecular weight is 311 g/mol. The number of nitrogens with one attached hydrogen (secondary N) is 1. The molecule has 2 N–H and O–H groups in total. The second kappa shape index (κ2) is 6.43. The van der Waals surface area contributed by atoms with Gasteiger partial charge in [-0.1, -0.05) is 12.1 Å². The number of benzene rings is 1. The van der Waals surface area contributed by atoms with Crippen LogP contribution in [-0.2, 0) is 4.79 Å². The smallest absolute Gasteiger partial charge is 0.262 e. The minimum Gasteiger partial charge on any atom is -0.508 e. The van der Waals surface area contributed by atoms with Crippen LogP contribution in [0, 0.1) is 11.3 Å². The minimum absolute atomic E-state index is 0.0712. The van der Waals surface area contributed by atoms with Crippen molar-refractivity contribution in [3.8, 4) is 11.8 Å². The Morgan fingerprint density at radius 3 is 2.70 bits per heavy atom. The van der Waals surface area contributed by atoms with Crippen LogP contribution in [0.4, 0.5) is 0 Å². The molecule has 1 amide bonds. The molecule has 0 radical (unpaired) electrons. The number of phenols is 1. The Morgan fingerprint density at radius 2 is 2.09 bits per heavy atom. The molecule has 0 aromatic heterocycles. The highest BCUT2D eigenvalue weighted by Crippen LogP contribution is 2.34. The van der Waals surface area contributed by atoms with E-state index in [1.54, 1.807) is 18.2 Å². The first-order valence-electron chi connectivity index (χ1n) is 8.00. The number of hydrogen-bond acceptors (Lipinski definition) is 4. The van der Waals surface area contributed by atoms with E-state index in [0.717, 1.165) is 12.8 Å². The number of nitriles is 1. The summed E-state index contributed by atoms with van der Waals surface area (Å²) in [5, 5.41) is 21.7. The first-order chi connectivity index (χ1) is 11.1. The van der Waals surface area contributed by atoms with E-state index in [-0.39, 0.29) is 23.3 Å². The number of carbonyl (C=O) groups excluding carboxylic acids is 1. The van der Waals surface area contributed by atoms with Crippen LogP contribution in [0.2, 0.25) is 0 Å². The second-order valence-electron chi connectivity index (χ2n) is 6.46. The summed E-state index contributed by atoms with van der Waals surface area (Å²) in [5.74, 6) is -0.215. The molecule has 0 saturated carbocycles. The first-order valence-corrected chi connectivity index (χ1v) is 8.00. The Labute approximate surface area is 136 Å². The van der Waals surface area contributed by atoms with Gasteiger partial charge in [-0.3, -0.25) is 4.79 Å². The SMILES string of the molecule is CN1C2CCC1CC(NC(=O)C(C#N)=Cc1cccc(O)c1)C2. The molecule has 0 spiro atoms. The van der Waals surface area contributed by atoms with Gasteiger partial charge in [-0.15, -0.1) is 0 Å². The van der Waals surface area contributed by atoms with Crippen molar-refractivity contribution in [1.29, 1.82) is 5.26 Å². The van der Waals surface area contributed by atoms with Gasteiger partial charge >= 0.3 is 0 Å². The molecule has 1 aromatic carbocycles. The largest absolute Gasteiger partial charge is 0.508 e. The number of hydrogen-bond donors (Lipinski definition) is 2. The van der Waals surface area contributed by atoms with Gasteiger partial charge in [0.05, 0.1) is 0 Å². The van der Waals surface area contributed by atoms with Crippen molar-refractivity contribution in [3.63, 3.8) is 0 Å². The van der Waals surface area contributed by atoms with E-state index in [0.29, 0.717) is 17.6 Å². The molecule has 2 fully saturated rings. The lowest BCUT2D eigenvalue weighted by atomic mass is 9.97. The van der Waals surface area contributed by atoms with Gasteiger partial charge in [0.15, 0.2) is 0 Å². The summed E-state index contributed by atoms with van der Waals surface area (Å²) in [4.78, 5) is 14.8. The van der Waals surface area contributed by atoms with Crippen LogP contribution in [0.5, 0.6) is 5.75 Å². The normalized spacial score (nSPS) is 27.5. The molecule has 2 heterocycles. The van der Waals surface area contributed by atoms with Gasteiger partial charge in [0.1, 0.15) is 17.4 Å². The Hall–Kier alpha value is -2.32. The van der Waals surface area contributed by atoms with Gasteiger partial charge < -0.3 is 15.3 Å². The Kier molecular flexibility index (Phi) is 4.35. The molecule has 3 rings (SSSR count). The van der Waals surface area contributed by atoms with E-state index < -0.39 is 0 Å². The molecule has 2 bridgehead atoms. The summed E-state index contributed by atoms with van der Waals surface area (Å²) < 4.78 is 0. The first kappa shape index (κ1) is 15.6. The molecule has 2 atom stereocenters. The number of carbonyl (C=O) groups is 1. The summed E-state index contributed by atoms with van der Waals surface area (Å²) in [6.45, 7) is 0. The molecular formula is C18H21N3O2. The molecule has 5 heteroatoms. The summed E-state index contributed by atoms with van der Waals surface area (Å²) in [6, 6.07) is 9.70. The van der Waals surface area contributed by atoms with Crippen LogP contribution in [-0.4, -0.2) is 41.1 Å². The van der Waals surface area contributed by atoms with E-state index in [4.69, 9.17) is 0 Å². The van der Waals surface area contributed by atoms with Crippen molar-refractivity contribution < 1.29 is 9.90 Å². The van der Waals surface area contributed by atoms with E-state index in [2.05, 4.69) is 17.3 Å². The van der Waals surface area contributed by atoms with E-state index in [1.165, 1.54) is 25.0 Å². The molecule has 2 unspecified atom stereocenters. The van der Waals surface area contributed by atoms with Crippen LogP contribution in [0.3, 0.4) is 0 Å². The highest BCUT2D eigenvalue weighted by molar-refractivity contribution is 6.01. The van der Waals surface area contributed by atoms with Gasteiger partial charge in [0.2, 0.25) is 0 Å². The van der Waals surface area contributed by atoms with Crippen LogP contribution in [0.25, 0.3) is 6.08 Å². The third kappa shape index (κ3) is 3.38. The van der Waals surface area contributed by atoms with Gasteiger partial charge in [-0.25, -0.2) is 0 Å². The van der Waals surface area contributed by atoms with Crippen LogP contribution in [0.15, 0.2) is 29.8 Å². The predicted octanol–water partition coefficient (Wildman–Crippen LogP) is 2.04. The van der Waals surface area contributed by atoms with Crippen molar-refractivity contribution in [2.75, 3.05) is 7.05 Å². The summed E-state index contributed by atoms with van der Waals surface area (Å²) in [7, 11) is 2.16. The zero-order valence-electron chi connectivity index (χ0n) is 13.2. The fraction of sp³-hybridized carbons (Fsp3) is 0.444. The number of piperidine rings is 1. The number of aromatic hydroxyl groups is 1. The van der Waals surface area contributed by atoms with Crippen LogP contribution in [0.1, 0.15) is 31.2 Å². The molecule has 2 saturated heterocycles. The van der Waals surface area contributed by atoms with E-state index in [9.17, 15) is 15.2 Å². The zero-order valence-corrected chi connectivity index (χ0v) is 13.2. The Morgan fingerprint density at radius 1 is 1.39 bits per heavy atom. The molecule has 0 aliphatic carbocycles. The maximum atomic E-state index is 12.4. The van der Waals surface area contributed by atoms with Gasteiger partial charge in [-0.2, -0.15) is 5.26 Å². The van der Waals surface area contributed by atoms with E-state index >= 15 is 0 Å². The quantitative estimate of drug-likeness (QED) is 0.661. The van der Waals surface area contributed by atoms with E-state index in [1.807, 2.05) is 6.07 Å². The molecule has 1 aromatic rings. The number of nitrogens with zero attached hydrogens (tertiary/aromatic N) is 2. The topological polar surface area (TPSA) is 76.4 Å². The Balaban J connectivity index is 1.68. The summed E-state index contributed by atoms with van der Waals surface area (Å²) >= 11 is 0. The number of fused-ring (bicyclic) bond motifs is 2. The van der Waals surface area contributed by atoms with Crippen molar-refractivity contribution in [3.05, 3.63) is 35.4 Å². The predicted molar refractivity (Wildman–Crippen MR) is 87.4 cm³/mol. The minimum atomic E-state index is -0.329. The Bertz CT molecular complexity index is 663. The molecular weight excluding hydrogens is 290 g/mol. The van der Waals surface area contributed by atoms with Crippen molar-refractivity contribution in [2.24, 2.45) is 0 Å². The molecule has 2 aliphatic heterocycles. The maximum absolute atomic E-state index is 12.4. The number of phenolic OH excluding ortho intramolecular Hbond substituents is 1. The van der Waals surface area contributed by atoms with Crippen LogP contribution < -0.4 is 5.32 Å². The summed E-state index contributed by atoms with van der Waals surface area (Å²) in [6.07, 6.45) is 5.79. The van der Waals surface area contributed by atoms with Crippen molar-refractivity contribution in [1.82, 2.24) is 10.2 Å². The lowest BCUT2D eigenvalue weighted by Gasteiger charge is -2.36. The van der Waals surface area contributed by atoms with Crippen molar-refractivity contribution >= 4 is 12.0 Å². The third-order valence-electron chi connectivity index (χ3n) is 4.98. The maximum Gasteiger partial charge on any atom is 0.262 e. The van der Waals surface area contributed by atoms with Crippen molar-refractivity contribution in [2.45, 2.75) is 43.8 Å². The second-order valence-corrected chi connectivity index (χ2v) is 6.46. The monoisotopic (exact) mass is 311 g/mol. The average Bonchev–Trinajstić information content (AvgIpc) is 2.74. The number of amides is 1. The highest BCUT2D eigenvalue weighted by atomic mass is 16.3. The lowest BCUT2D eigenvalue weighted by molar-refractivity contribution is -0.118. The molecule has 5 nitrogen and oxygen atoms in total. The zero-order chi connectivity index (χ0) is 16.4. The summed E-state index contributed by atoms with van der Waals surface area (Å²) in [5.41, 5.74) is 0.710. The molecule has 23 heavy (non-hydrogen) atoms. The third-order valence-corrected chi connectivity index (χ3v) is 4.98. The standard InChI is InChI=1S/C18H21N3O2/c1-21-15-5-6-16(21)10-14(9-15)20-18(23)13(11-19)7-12-3-2-4-17(22)8-12/h2-4,7-8,14-16,22H,5-6,9-10H2,1H3,(H,20,23). The fourth-order valence-electron chi connectivity index (χ4n) is 3.72. The highest BCUT2D eigenvalue weighted by Gasteiger charge is 2.38.